The van der Waals surface area contributed by atoms with E-state index in [0.717, 1.165) is 5.57 Å². The van der Waals surface area contributed by atoms with Crippen molar-refractivity contribution in [3.8, 4) is 0 Å². The fourth-order valence-electron chi connectivity index (χ4n) is 8.61. The van der Waals surface area contributed by atoms with E-state index < -0.39 is 58.5 Å². The molecule has 4 fully saturated rings. The number of allylic oxidation sites excluding steroid dienone is 3. The van der Waals surface area contributed by atoms with E-state index in [9.17, 15) is 24.9 Å². The maximum atomic E-state index is 13.4. The number of hydrogen-bond donors (Lipinski definition) is 3. The Bertz CT molecular complexity index is 983. The van der Waals surface area contributed by atoms with Gasteiger partial charge < -0.3 is 24.8 Å². The van der Waals surface area contributed by atoms with E-state index in [-0.39, 0.29) is 24.4 Å². The van der Waals surface area contributed by atoms with Crippen molar-refractivity contribution in [1.82, 2.24) is 0 Å². The van der Waals surface area contributed by atoms with Crippen LogP contribution in [-0.2, 0) is 19.1 Å². The van der Waals surface area contributed by atoms with Crippen molar-refractivity contribution in [1.29, 1.82) is 0 Å². The van der Waals surface area contributed by atoms with E-state index in [1.807, 2.05) is 27.7 Å². The summed E-state index contributed by atoms with van der Waals surface area (Å²) in [5, 5.41) is 34.6. The molecule has 2 saturated heterocycles. The second-order valence-corrected chi connectivity index (χ2v) is 12.1. The lowest BCUT2D eigenvalue weighted by atomic mass is 9.37. The summed E-state index contributed by atoms with van der Waals surface area (Å²) in [6.45, 7) is 11.9. The Balaban J connectivity index is 1.69. The van der Waals surface area contributed by atoms with Gasteiger partial charge in [-0.3, -0.25) is 9.59 Å². The van der Waals surface area contributed by atoms with Crippen molar-refractivity contribution in [3.05, 3.63) is 23.3 Å². The molecule has 5 aliphatic rings. The van der Waals surface area contributed by atoms with E-state index in [0.29, 0.717) is 18.8 Å². The van der Waals surface area contributed by atoms with Gasteiger partial charge in [0.05, 0.1) is 12.5 Å². The lowest BCUT2D eigenvalue weighted by molar-refractivity contribution is -0.337. The number of hydrogen-bond acceptors (Lipinski definition) is 7. The Labute approximate surface area is 201 Å². The van der Waals surface area contributed by atoms with Crippen molar-refractivity contribution in [2.45, 2.75) is 78.5 Å². The number of aliphatic hydroxyl groups is 3. The van der Waals surface area contributed by atoms with E-state index >= 15 is 0 Å². The summed E-state index contributed by atoms with van der Waals surface area (Å²) in [5.41, 5.74) is 0.121. The first-order chi connectivity index (χ1) is 15.8. The minimum atomic E-state index is -1.93. The summed E-state index contributed by atoms with van der Waals surface area (Å²) in [4.78, 5) is 26.2. The monoisotopic (exact) mass is 474 g/mol. The molecule has 2 bridgehead atoms. The van der Waals surface area contributed by atoms with Crippen LogP contribution in [0.4, 0.5) is 0 Å². The highest BCUT2D eigenvalue weighted by molar-refractivity contribution is 5.96. The first-order valence-corrected chi connectivity index (χ1v) is 12.6. The Kier molecular flexibility index (Phi) is 5.32. The Morgan fingerprint density at radius 3 is 2.62 bits per heavy atom. The number of ether oxygens (including phenoxy) is 2. The molecule has 5 rings (SSSR count). The van der Waals surface area contributed by atoms with Gasteiger partial charge in [-0.15, -0.1) is 0 Å². The topological polar surface area (TPSA) is 113 Å². The van der Waals surface area contributed by atoms with Crippen LogP contribution in [0.25, 0.3) is 0 Å². The summed E-state index contributed by atoms with van der Waals surface area (Å²) >= 11 is 0. The molecule has 11 atom stereocenters. The second kappa shape index (κ2) is 7.48. The summed E-state index contributed by atoms with van der Waals surface area (Å²) in [6, 6.07) is 0. The molecule has 3 aliphatic carbocycles. The van der Waals surface area contributed by atoms with Gasteiger partial charge in [-0.25, -0.2) is 0 Å². The molecule has 0 aromatic rings. The second-order valence-electron chi connectivity index (χ2n) is 12.1. The normalized spacial score (nSPS) is 52.2. The molecular formula is C27H38O7. The molecular weight excluding hydrogens is 436 g/mol. The Hall–Kier alpha value is -1.54. The first kappa shape index (κ1) is 24.2. The number of aliphatic hydroxyl groups excluding tert-OH is 2. The SMILES string of the molecule is CC1=CC(=O)[C@@H](O)[C@@]2(C)[C@H]1CC1OC(=O)[C@H](C/C=C(/C)C(C)C)[C@H]3[C@@H](C)[C@@H](O)[C@@]4(O)OC[C@]13[C@H]42. The average molecular weight is 475 g/mol. The van der Waals surface area contributed by atoms with Gasteiger partial charge in [-0.1, -0.05) is 44.9 Å². The fourth-order valence-corrected chi connectivity index (χ4v) is 8.61. The molecule has 0 radical (unpaired) electrons. The Morgan fingerprint density at radius 2 is 1.97 bits per heavy atom. The summed E-state index contributed by atoms with van der Waals surface area (Å²) in [5.74, 6) is -4.55. The molecule has 3 N–H and O–H groups in total. The minimum Gasteiger partial charge on any atom is -0.461 e. The van der Waals surface area contributed by atoms with Gasteiger partial charge in [0.1, 0.15) is 18.3 Å². The molecule has 1 spiro atoms. The molecule has 7 nitrogen and oxygen atoms in total. The number of carbonyl (C=O) groups is 2. The highest BCUT2D eigenvalue weighted by Crippen LogP contribution is 2.74. The van der Waals surface area contributed by atoms with E-state index in [2.05, 4.69) is 19.9 Å². The molecule has 2 aliphatic heterocycles. The summed E-state index contributed by atoms with van der Waals surface area (Å²) in [6.07, 6.45) is 1.37. The van der Waals surface area contributed by atoms with Crippen molar-refractivity contribution in [2.75, 3.05) is 6.61 Å². The highest BCUT2D eigenvalue weighted by Gasteiger charge is 2.82. The third kappa shape index (κ3) is 2.73. The van der Waals surface area contributed by atoms with Crippen LogP contribution in [0.15, 0.2) is 23.3 Å². The molecule has 188 valence electrons. The fraction of sp³-hybridized carbons (Fsp3) is 0.778. The van der Waals surface area contributed by atoms with Crippen molar-refractivity contribution >= 4 is 11.8 Å². The number of rotatable bonds is 3. The van der Waals surface area contributed by atoms with Gasteiger partial charge in [0.25, 0.3) is 0 Å². The molecule has 2 heterocycles. The molecule has 7 heteroatoms. The third-order valence-corrected chi connectivity index (χ3v) is 10.4. The highest BCUT2D eigenvalue weighted by atomic mass is 16.6. The molecule has 0 aromatic carbocycles. The summed E-state index contributed by atoms with van der Waals surface area (Å²) in [7, 11) is 0. The van der Waals surface area contributed by atoms with Gasteiger partial charge in [0.15, 0.2) is 11.6 Å². The maximum Gasteiger partial charge on any atom is 0.309 e. The standard InChI is InChI=1S/C27H38O7/c1-12(2)13(3)7-8-16-20-15(5)21(29)27(32)24-25(6)17(14(4)9-18(28)22(25)30)10-19(34-23(16)31)26(20,24)11-33-27/h7,9,12,15-17,19-22,24,29-30,32H,8,10-11H2,1-6H3/b13-7-/t15-,16-,17+,19?,20-,21-,22-,24-,25-,26+,27-/m1/s1. The number of esters is 1. The zero-order valence-corrected chi connectivity index (χ0v) is 20.9. The van der Waals surface area contributed by atoms with Crippen LogP contribution in [-0.4, -0.2) is 57.8 Å². The van der Waals surface area contributed by atoms with Crippen molar-refractivity contribution < 1.29 is 34.4 Å². The van der Waals surface area contributed by atoms with Crippen LogP contribution in [0.5, 0.6) is 0 Å². The van der Waals surface area contributed by atoms with Crippen LogP contribution >= 0.6 is 0 Å². The van der Waals surface area contributed by atoms with Gasteiger partial charge in [0.2, 0.25) is 0 Å². The lowest BCUT2D eigenvalue weighted by Crippen LogP contribution is -2.77. The summed E-state index contributed by atoms with van der Waals surface area (Å²) < 4.78 is 12.2. The van der Waals surface area contributed by atoms with Crippen LogP contribution < -0.4 is 0 Å². The molecule has 34 heavy (non-hydrogen) atoms. The van der Waals surface area contributed by atoms with E-state index in [1.165, 1.54) is 11.6 Å². The van der Waals surface area contributed by atoms with Crippen LogP contribution in [0, 0.1) is 46.3 Å². The largest absolute Gasteiger partial charge is 0.461 e. The molecule has 2 saturated carbocycles. The quantitative estimate of drug-likeness (QED) is 0.425. The van der Waals surface area contributed by atoms with E-state index in [1.54, 1.807) is 0 Å². The minimum absolute atomic E-state index is 0.119. The number of carbonyl (C=O) groups excluding carboxylic acids is 2. The van der Waals surface area contributed by atoms with E-state index in [4.69, 9.17) is 9.47 Å². The zero-order chi connectivity index (χ0) is 25.0. The third-order valence-electron chi connectivity index (χ3n) is 10.4. The zero-order valence-electron chi connectivity index (χ0n) is 20.9. The average Bonchev–Trinajstić information content (AvgIpc) is 3.06. The number of fused-ring (bicyclic) bond motifs is 1. The first-order valence-electron chi connectivity index (χ1n) is 12.6. The molecule has 0 aromatic heterocycles. The smallest absolute Gasteiger partial charge is 0.309 e. The van der Waals surface area contributed by atoms with Crippen molar-refractivity contribution in [2.24, 2.45) is 46.3 Å². The van der Waals surface area contributed by atoms with Gasteiger partial charge in [-0.05, 0) is 56.4 Å². The molecule has 0 amide bonds. The predicted octanol–water partition coefficient (Wildman–Crippen LogP) is 2.38. The number of ketones is 1. The van der Waals surface area contributed by atoms with Crippen LogP contribution in [0.3, 0.4) is 0 Å². The predicted molar refractivity (Wildman–Crippen MR) is 123 cm³/mol. The van der Waals surface area contributed by atoms with Gasteiger partial charge in [0, 0.05) is 16.7 Å². The van der Waals surface area contributed by atoms with Gasteiger partial charge >= 0.3 is 5.97 Å². The van der Waals surface area contributed by atoms with Crippen molar-refractivity contribution in [3.63, 3.8) is 0 Å². The van der Waals surface area contributed by atoms with Crippen LogP contribution in [0.1, 0.15) is 54.4 Å². The molecule has 1 unspecified atom stereocenters. The van der Waals surface area contributed by atoms with Gasteiger partial charge in [-0.2, -0.15) is 0 Å². The lowest BCUT2D eigenvalue weighted by Gasteiger charge is -2.68. The Morgan fingerprint density at radius 1 is 1.29 bits per heavy atom. The van der Waals surface area contributed by atoms with Crippen LogP contribution in [0.2, 0.25) is 0 Å². The maximum absolute atomic E-state index is 13.4.